The average Bonchev–Trinajstić information content (AvgIpc) is 3.19. The van der Waals surface area contributed by atoms with Crippen LogP contribution in [0.5, 0.6) is 0 Å². The van der Waals surface area contributed by atoms with E-state index < -0.39 is 5.82 Å². The smallest absolute Gasteiger partial charge is 0.205 e. The quantitative estimate of drug-likeness (QED) is 0.802. The number of nitrogens with zero attached hydrogens (tertiary/aromatic N) is 4. The number of rotatable bonds is 3. The Morgan fingerprint density at radius 1 is 1.26 bits per heavy atom. The van der Waals surface area contributed by atoms with Crippen LogP contribution in [-0.2, 0) is 12.8 Å². The average molecular weight is 328 g/mol. The second-order valence-corrected chi connectivity index (χ2v) is 5.77. The van der Waals surface area contributed by atoms with Gasteiger partial charge in [-0.1, -0.05) is 23.2 Å². The Hall–Kier alpha value is -2.60. The van der Waals surface area contributed by atoms with Gasteiger partial charge >= 0.3 is 0 Å². The molecular formula is C16H11ClFN5. The van der Waals surface area contributed by atoms with Gasteiger partial charge in [0.15, 0.2) is 0 Å². The number of nitrogens with one attached hydrogen (secondary N) is 1. The summed E-state index contributed by atoms with van der Waals surface area (Å²) in [4.78, 5) is 4.40. The number of benzene rings is 1. The number of hydrogen-bond donors (Lipinski definition) is 1. The molecular weight excluding hydrogens is 317 g/mol. The molecule has 0 saturated heterocycles. The molecule has 114 valence electrons. The maximum absolute atomic E-state index is 13.3. The van der Waals surface area contributed by atoms with Crippen molar-refractivity contribution in [3.05, 3.63) is 63.7 Å². The second-order valence-electron chi connectivity index (χ2n) is 5.36. The maximum atomic E-state index is 13.3. The minimum Gasteiger partial charge on any atom is -0.257 e. The van der Waals surface area contributed by atoms with E-state index in [0.717, 1.165) is 28.8 Å². The number of fused-ring (bicyclic) bond motifs is 1. The van der Waals surface area contributed by atoms with Gasteiger partial charge in [-0.05, 0) is 53.5 Å². The van der Waals surface area contributed by atoms with Crippen LogP contribution < -0.4 is 0 Å². The summed E-state index contributed by atoms with van der Waals surface area (Å²) in [5.41, 5.74) is 5.07. The summed E-state index contributed by atoms with van der Waals surface area (Å²) in [6.07, 6.45) is 5.24. The molecule has 7 heteroatoms. The minimum absolute atomic E-state index is 0.143. The first kappa shape index (κ1) is 14.0. The van der Waals surface area contributed by atoms with E-state index in [2.05, 4.69) is 31.7 Å². The molecule has 0 fully saturated rings. The molecule has 1 aliphatic carbocycles. The van der Waals surface area contributed by atoms with Crippen molar-refractivity contribution >= 4 is 17.7 Å². The summed E-state index contributed by atoms with van der Waals surface area (Å²) in [5, 5.41) is 14.3. The zero-order valence-electron chi connectivity index (χ0n) is 11.9. The van der Waals surface area contributed by atoms with E-state index in [9.17, 15) is 4.39 Å². The molecule has 1 aliphatic rings. The SMILES string of the molecule is Fc1ccc(CC2=Cc3nccc(-c4nn[nH]n4)c3C2)cc1Cl. The minimum atomic E-state index is -0.403. The van der Waals surface area contributed by atoms with Gasteiger partial charge in [0.25, 0.3) is 0 Å². The number of halogens is 2. The Bertz CT molecular complexity index is 905. The van der Waals surface area contributed by atoms with Gasteiger partial charge in [0.05, 0.1) is 10.7 Å². The van der Waals surface area contributed by atoms with E-state index in [1.54, 1.807) is 18.3 Å². The highest BCUT2D eigenvalue weighted by Crippen LogP contribution is 2.32. The summed E-state index contributed by atoms with van der Waals surface area (Å²) >= 11 is 5.85. The molecule has 2 heterocycles. The Labute approximate surface area is 136 Å². The molecule has 0 atom stereocenters. The van der Waals surface area contributed by atoms with Crippen molar-refractivity contribution in [3.63, 3.8) is 0 Å². The third kappa shape index (κ3) is 2.61. The number of aromatic nitrogens is 5. The summed E-state index contributed by atoms with van der Waals surface area (Å²) in [7, 11) is 0. The Balaban J connectivity index is 1.62. The van der Waals surface area contributed by atoms with Gasteiger partial charge < -0.3 is 0 Å². The van der Waals surface area contributed by atoms with Crippen molar-refractivity contribution in [2.75, 3.05) is 0 Å². The van der Waals surface area contributed by atoms with Crippen molar-refractivity contribution in [1.82, 2.24) is 25.6 Å². The maximum Gasteiger partial charge on any atom is 0.205 e. The predicted molar refractivity (Wildman–Crippen MR) is 84.2 cm³/mol. The van der Waals surface area contributed by atoms with Gasteiger partial charge in [0, 0.05) is 11.8 Å². The molecule has 4 rings (SSSR count). The lowest BCUT2D eigenvalue weighted by molar-refractivity contribution is 0.627. The van der Waals surface area contributed by atoms with Crippen molar-refractivity contribution in [1.29, 1.82) is 0 Å². The van der Waals surface area contributed by atoms with Gasteiger partial charge in [-0.3, -0.25) is 4.98 Å². The summed E-state index contributed by atoms with van der Waals surface area (Å²) in [6.45, 7) is 0. The number of hydrogen-bond acceptors (Lipinski definition) is 4. The summed E-state index contributed by atoms with van der Waals surface area (Å²) in [5.74, 6) is 0.156. The number of pyridine rings is 1. The lowest BCUT2D eigenvalue weighted by Crippen LogP contribution is -1.96. The normalized spacial score (nSPS) is 13.0. The molecule has 3 aromatic rings. The van der Waals surface area contributed by atoms with Gasteiger partial charge in [0.1, 0.15) is 5.82 Å². The van der Waals surface area contributed by atoms with Crippen molar-refractivity contribution in [2.24, 2.45) is 0 Å². The third-order valence-electron chi connectivity index (χ3n) is 3.84. The Morgan fingerprint density at radius 2 is 2.17 bits per heavy atom. The second kappa shape index (κ2) is 5.55. The van der Waals surface area contributed by atoms with Crippen molar-refractivity contribution in [3.8, 4) is 11.4 Å². The lowest BCUT2D eigenvalue weighted by Gasteiger charge is -2.06. The number of H-pyrrole nitrogens is 1. The zero-order valence-corrected chi connectivity index (χ0v) is 12.7. The molecule has 1 N–H and O–H groups in total. The molecule has 5 nitrogen and oxygen atoms in total. The van der Waals surface area contributed by atoms with Crippen LogP contribution >= 0.6 is 11.6 Å². The van der Waals surface area contributed by atoms with Crippen molar-refractivity contribution in [2.45, 2.75) is 12.8 Å². The first-order valence-corrected chi connectivity index (χ1v) is 7.43. The van der Waals surface area contributed by atoms with Gasteiger partial charge in [-0.2, -0.15) is 5.21 Å². The lowest BCUT2D eigenvalue weighted by atomic mass is 10.0. The number of tetrazole rings is 1. The first-order valence-electron chi connectivity index (χ1n) is 7.06. The van der Waals surface area contributed by atoms with Crippen LogP contribution in [0.25, 0.3) is 17.5 Å². The molecule has 0 saturated carbocycles. The molecule has 0 radical (unpaired) electrons. The number of allylic oxidation sites excluding steroid dienone is 1. The Morgan fingerprint density at radius 3 is 2.96 bits per heavy atom. The van der Waals surface area contributed by atoms with Gasteiger partial charge in [-0.25, -0.2) is 4.39 Å². The van der Waals surface area contributed by atoms with Crippen LogP contribution in [0.4, 0.5) is 4.39 Å². The van der Waals surface area contributed by atoms with E-state index in [1.165, 1.54) is 11.6 Å². The van der Waals surface area contributed by atoms with Crippen LogP contribution in [0.3, 0.4) is 0 Å². The van der Waals surface area contributed by atoms with Gasteiger partial charge in [0.2, 0.25) is 5.82 Å². The highest BCUT2D eigenvalue weighted by atomic mass is 35.5. The summed E-state index contributed by atoms with van der Waals surface area (Å²) < 4.78 is 13.3. The molecule has 0 spiro atoms. The van der Waals surface area contributed by atoms with Crippen molar-refractivity contribution < 1.29 is 4.39 Å². The molecule has 2 aromatic heterocycles. The monoisotopic (exact) mass is 327 g/mol. The Kier molecular flexibility index (Phi) is 3.38. The summed E-state index contributed by atoms with van der Waals surface area (Å²) in [6, 6.07) is 6.69. The molecule has 0 unspecified atom stereocenters. The topological polar surface area (TPSA) is 67.3 Å². The highest BCUT2D eigenvalue weighted by Gasteiger charge is 2.20. The fraction of sp³-hybridized carbons (Fsp3) is 0.125. The van der Waals surface area contributed by atoms with Crippen LogP contribution in [0.15, 0.2) is 36.0 Å². The highest BCUT2D eigenvalue weighted by molar-refractivity contribution is 6.30. The molecule has 0 amide bonds. The van der Waals surface area contributed by atoms with Crippen LogP contribution in [0, 0.1) is 5.82 Å². The standard InChI is InChI=1S/C16H11ClFN5/c17-13-7-9(1-2-14(13)18)5-10-6-12-11(16-20-22-23-21-16)3-4-19-15(12)8-10/h1-4,7-8H,5-6H2,(H,20,21,22,23). The van der Waals surface area contributed by atoms with E-state index in [-0.39, 0.29) is 5.02 Å². The third-order valence-corrected chi connectivity index (χ3v) is 4.12. The van der Waals surface area contributed by atoms with Crippen LogP contribution in [-0.4, -0.2) is 25.6 Å². The predicted octanol–water partition coefficient (Wildman–Crippen LogP) is 3.24. The van der Waals surface area contributed by atoms with Crippen LogP contribution in [0.1, 0.15) is 16.8 Å². The van der Waals surface area contributed by atoms with E-state index in [0.29, 0.717) is 12.2 Å². The fourth-order valence-electron chi connectivity index (χ4n) is 2.80. The largest absolute Gasteiger partial charge is 0.257 e. The molecule has 1 aromatic carbocycles. The van der Waals surface area contributed by atoms with Gasteiger partial charge in [-0.15, -0.1) is 10.2 Å². The van der Waals surface area contributed by atoms with E-state index >= 15 is 0 Å². The molecule has 23 heavy (non-hydrogen) atoms. The zero-order chi connectivity index (χ0) is 15.8. The van der Waals surface area contributed by atoms with E-state index in [4.69, 9.17) is 11.6 Å². The van der Waals surface area contributed by atoms with E-state index in [1.807, 2.05) is 6.07 Å². The first-order chi connectivity index (χ1) is 11.2. The molecule has 0 aliphatic heterocycles. The molecule has 0 bridgehead atoms. The van der Waals surface area contributed by atoms with Crippen LogP contribution in [0.2, 0.25) is 5.02 Å². The number of aromatic amines is 1. The fourth-order valence-corrected chi connectivity index (χ4v) is 3.00.